The highest BCUT2D eigenvalue weighted by Gasteiger charge is 2.17. The van der Waals surface area contributed by atoms with Crippen molar-refractivity contribution in [1.29, 1.82) is 0 Å². The molecule has 0 saturated carbocycles. The summed E-state index contributed by atoms with van der Waals surface area (Å²) in [6.45, 7) is 6.78. The van der Waals surface area contributed by atoms with Crippen molar-refractivity contribution >= 4 is 16.7 Å². The van der Waals surface area contributed by atoms with Gasteiger partial charge in [0.2, 0.25) is 11.1 Å². The molecule has 0 aliphatic rings. The predicted octanol–water partition coefficient (Wildman–Crippen LogP) is 1.34. The number of nitrogens with zero attached hydrogens (tertiary/aromatic N) is 3. The third-order valence-corrected chi connectivity index (χ3v) is 4.65. The molecule has 118 valence electrons. The molecule has 0 fully saturated rings. The molecule has 1 heterocycles. The zero-order chi connectivity index (χ0) is 16.1. The predicted molar refractivity (Wildman–Crippen MR) is 84.7 cm³/mol. The lowest BCUT2D eigenvalue weighted by molar-refractivity contribution is -0.118. The van der Waals surface area contributed by atoms with Gasteiger partial charge >= 0.3 is 0 Å². The summed E-state index contributed by atoms with van der Waals surface area (Å²) >= 11 is 0. The van der Waals surface area contributed by atoms with Crippen LogP contribution in [0.25, 0.3) is 0 Å². The van der Waals surface area contributed by atoms with Crippen LogP contribution >= 0.6 is 0 Å². The first-order valence-corrected chi connectivity index (χ1v) is 8.44. The molecule has 1 aromatic carbocycles. The summed E-state index contributed by atoms with van der Waals surface area (Å²) in [5.41, 5.74) is 2.17. The summed E-state index contributed by atoms with van der Waals surface area (Å²) in [7, 11) is -1.49. The van der Waals surface area contributed by atoms with Crippen molar-refractivity contribution in [2.75, 3.05) is 5.75 Å². The number of nitrogens with one attached hydrogen (secondary N) is 1. The van der Waals surface area contributed by atoms with E-state index in [0.717, 1.165) is 11.1 Å². The van der Waals surface area contributed by atoms with E-state index >= 15 is 0 Å². The molecule has 1 N–H and O–H groups in total. The quantitative estimate of drug-likeness (QED) is 0.871. The number of aryl methyl sites for hydroxylation is 2. The van der Waals surface area contributed by atoms with E-state index in [1.165, 1.54) is 0 Å². The van der Waals surface area contributed by atoms with Gasteiger partial charge in [-0.25, -0.2) is 0 Å². The zero-order valence-electron chi connectivity index (χ0n) is 13.0. The molecular formula is C15H20N4O2S. The van der Waals surface area contributed by atoms with E-state index in [1.54, 1.807) is 11.5 Å². The number of hydrogen-bond acceptors (Lipinski definition) is 4. The number of benzene rings is 1. The highest BCUT2D eigenvalue weighted by molar-refractivity contribution is 7.85. The average molecular weight is 320 g/mol. The molecule has 0 radical (unpaired) electrons. The Balaban J connectivity index is 1.94. The summed E-state index contributed by atoms with van der Waals surface area (Å²) in [4.78, 5) is 12.0. The molecule has 0 bridgehead atoms. The Morgan fingerprint density at radius 1 is 1.27 bits per heavy atom. The van der Waals surface area contributed by atoms with Gasteiger partial charge in [0, 0.05) is 13.1 Å². The fourth-order valence-corrected chi connectivity index (χ4v) is 3.24. The second-order valence-electron chi connectivity index (χ2n) is 4.97. The smallest absolute Gasteiger partial charge is 0.233 e. The average Bonchev–Trinajstić information content (AvgIpc) is 2.87. The van der Waals surface area contributed by atoms with Crippen LogP contribution < -0.4 is 5.32 Å². The maximum absolute atomic E-state index is 12.3. The van der Waals surface area contributed by atoms with E-state index in [0.29, 0.717) is 24.1 Å². The number of rotatable bonds is 6. The summed E-state index contributed by atoms with van der Waals surface area (Å²) in [6, 6.07) is 7.84. The molecule has 0 spiro atoms. The molecule has 0 aliphatic heterocycles. The van der Waals surface area contributed by atoms with E-state index in [4.69, 9.17) is 0 Å². The van der Waals surface area contributed by atoms with Crippen LogP contribution in [-0.4, -0.2) is 30.6 Å². The maximum atomic E-state index is 12.3. The number of aromatic nitrogens is 3. The second-order valence-corrected chi connectivity index (χ2v) is 6.31. The first-order valence-electron chi connectivity index (χ1n) is 7.12. The van der Waals surface area contributed by atoms with Gasteiger partial charge in [-0.05, 0) is 31.9 Å². The van der Waals surface area contributed by atoms with Crippen molar-refractivity contribution in [3.8, 4) is 0 Å². The molecule has 1 atom stereocenters. The summed E-state index contributed by atoms with van der Waals surface area (Å²) in [5.74, 6) is 0.334. The van der Waals surface area contributed by atoms with Crippen LogP contribution in [0.5, 0.6) is 0 Å². The zero-order valence-corrected chi connectivity index (χ0v) is 13.8. The summed E-state index contributed by atoms with van der Waals surface area (Å²) < 4.78 is 14.0. The lowest BCUT2D eigenvalue weighted by atomic mass is 10.1. The van der Waals surface area contributed by atoms with Crippen molar-refractivity contribution in [3.63, 3.8) is 0 Å². The maximum Gasteiger partial charge on any atom is 0.233 e. The van der Waals surface area contributed by atoms with Gasteiger partial charge < -0.3 is 9.88 Å². The molecule has 2 rings (SSSR count). The molecule has 7 heteroatoms. The van der Waals surface area contributed by atoms with Gasteiger partial charge in [0.25, 0.3) is 0 Å². The Kier molecular flexibility index (Phi) is 5.43. The summed E-state index contributed by atoms with van der Waals surface area (Å²) in [6.07, 6.45) is 0. The molecule has 1 amide bonds. The topological polar surface area (TPSA) is 76.9 Å². The molecule has 0 saturated heterocycles. The van der Waals surface area contributed by atoms with Gasteiger partial charge in [-0.2, -0.15) is 0 Å². The van der Waals surface area contributed by atoms with Crippen molar-refractivity contribution < 1.29 is 9.00 Å². The van der Waals surface area contributed by atoms with Crippen molar-refractivity contribution in [3.05, 3.63) is 41.2 Å². The Morgan fingerprint density at radius 3 is 2.68 bits per heavy atom. The summed E-state index contributed by atoms with van der Waals surface area (Å²) in [5, 5.41) is 11.0. The van der Waals surface area contributed by atoms with Gasteiger partial charge in [-0.1, -0.05) is 24.3 Å². The van der Waals surface area contributed by atoms with Crippen LogP contribution in [-0.2, 0) is 28.7 Å². The van der Waals surface area contributed by atoms with Crippen molar-refractivity contribution in [2.45, 2.75) is 39.0 Å². The van der Waals surface area contributed by atoms with Gasteiger partial charge in [0.05, 0.1) is 0 Å². The third kappa shape index (κ3) is 3.79. The number of hydrogen-bond donors (Lipinski definition) is 1. The van der Waals surface area contributed by atoms with E-state index in [9.17, 15) is 9.00 Å². The molecule has 22 heavy (non-hydrogen) atoms. The van der Waals surface area contributed by atoms with E-state index in [2.05, 4.69) is 15.5 Å². The first kappa shape index (κ1) is 16.4. The van der Waals surface area contributed by atoms with E-state index < -0.39 is 10.8 Å². The standard InChI is InChI=1S/C15H20N4O2S/c1-4-19-12(3)17-18-15(19)22(21)10-14(20)16-9-13-8-6-5-7-11(13)2/h5-8H,4,9-10H2,1-3H3,(H,16,20)/t22-/m1/s1. The molecule has 0 unspecified atom stereocenters. The molecule has 0 aliphatic carbocycles. The van der Waals surface area contributed by atoms with Crippen LogP contribution in [0.4, 0.5) is 0 Å². The second kappa shape index (κ2) is 7.31. The minimum atomic E-state index is -1.49. The SMILES string of the molecule is CCn1c(C)nnc1[S@](=O)CC(=O)NCc1ccccc1C. The highest BCUT2D eigenvalue weighted by atomic mass is 32.2. The Morgan fingerprint density at radius 2 is 2.00 bits per heavy atom. The minimum Gasteiger partial charge on any atom is -0.351 e. The lowest BCUT2D eigenvalue weighted by Crippen LogP contribution is -2.28. The van der Waals surface area contributed by atoms with Crippen LogP contribution in [0.15, 0.2) is 29.4 Å². The fourth-order valence-electron chi connectivity index (χ4n) is 2.13. The monoisotopic (exact) mass is 320 g/mol. The third-order valence-electron chi connectivity index (χ3n) is 3.42. The molecule has 1 aromatic heterocycles. The molecular weight excluding hydrogens is 300 g/mol. The van der Waals surface area contributed by atoms with Crippen LogP contribution in [0, 0.1) is 13.8 Å². The minimum absolute atomic E-state index is 0.107. The number of amides is 1. The van der Waals surface area contributed by atoms with Crippen LogP contribution in [0.3, 0.4) is 0 Å². The number of carbonyl (C=O) groups is 1. The van der Waals surface area contributed by atoms with Crippen LogP contribution in [0.1, 0.15) is 23.9 Å². The Hall–Kier alpha value is -2.02. The lowest BCUT2D eigenvalue weighted by Gasteiger charge is -2.08. The van der Waals surface area contributed by atoms with Crippen molar-refractivity contribution in [1.82, 2.24) is 20.1 Å². The van der Waals surface area contributed by atoms with Crippen LogP contribution in [0.2, 0.25) is 0 Å². The number of carbonyl (C=O) groups excluding carboxylic acids is 1. The normalized spacial score (nSPS) is 12.1. The van der Waals surface area contributed by atoms with Gasteiger partial charge in [-0.3, -0.25) is 9.00 Å². The molecule has 2 aromatic rings. The van der Waals surface area contributed by atoms with E-state index in [1.807, 2.05) is 38.1 Å². The highest BCUT2D eigenvalue weighted by Crippen LogP contribution is 2.08. The Labute approximate surface area is 132 Å². The van der Waals surface area contributed by atoms with E-state index in [-0.39, 0.29) is 11.7 Å². The van der Waals surface area contributed by atoms with Gasteiger partial charge in [0.1, 0.15) is 22.4 Å². The van der Waals surface area contributed by atoms with Gasteiger partial charge in [0.15, 0.2) is 0 Å². The molecule has 6 nitrogen and oxygen atoms in total. The first-order chi connectivity index (χ1) is 10.5. The van der Waals surface area contributed by atoms with Gasteiger partial charge in [-0.15, -0.1) is 10.2 Å². The largest absolute Gasteiger partial charge is 0.351 e. The van der Waals surface area contributed by atoms with Crippen molar-refractivity contribution in [2.24, 2.45) is 0 Å². The fraction of sp³-hybridized carbons (Fsp3) is 0.400. The Bertz CT molecular complexity index is 697.